The summed E-state index contributed by atoms with van der Waals surface area (Å²) in [6, 6.07) is 5.06. The first-order valence-corrected chi connectivity index (χ1v) is 7.67. The lowest BCUT2D eigenvalue weighted by Gasteiger charge is -2.27. The SMILES string of the molecule is Nc1ccc(Cl)cc1NC(=O)CN1CCCCCC1CO. The van der Waals surface area contributed by atoms with Crippen LogP contribution in [-0.4, -0.2) is 41.7 Å². The third kappa shape index (κ3) is 4.59. The van der Waals surface area contributed by atoms with E-state index >= 15 is 0 Å². The number of rotatable bonds is 4. The Bertz CT molecular complexity index is 496. The molecule has 0 saturated carbocycles. The van der Waals surface area contributed by atoms with E-state index in [1.54, 1.807) is 18.2 Å². The highest BCUT2D eigenvalue weighted by molar-refractivity contribution is 6.31. The predicted molar refractivity (Wildman–Crippen MR) is 85.4 cm³/mol. The van der Waals surface area contributed by atoms with Gasteiger partial charge in [0.15, 0.2) is 0 Å². The first kappa shape index (κ1) is 16.1. The zero-order valence-electron chi connectivity index (χ0n) is 12.0. The Labute approximate surface area is 130 Å². The van der Waals surface area contributed by atoms with Crippen LogP contribution in [0.3, 0.4) is 0 Å². The summed E-state index contributed by atoms with van der Waals surface area (Å²) in [4.78, 5) is 14.2. The number of amides is 1. The summed E-state index contributed by atoms with van der Waals surface area (Å²) in [6.07, 6.45) is 4.24. The lowest BCUT2D eigenvalue weighted by molar-refractivity contribution is -0.118. The van der Waals surface area contributed by atoms with E-state index in [4.69, 9.17) is 17.3 Å². The molecule has 1 atom stereocenters. The first-order chi connectivity index (χ1) is 10.1. The van der Waals surface area contributed by atoms with Crippen LogP contribution < -0.4 is 11.1 Å². The summed E-state index contributed by atoms with van der Waals surface area (Å²) in [7, 11) is 0. The molecule has 1 aliphatic heterocycles. The predicted octanol–water partition coefficient (Wildman–Crippen LogP) is 2.10. The van der Waals surface area contributed by atoms with Gasteiger partial charge < -0.3 is 16.2 Å². The van der Waals surface area contributed by atoms with Gasteiger partial charge in [0.25, 0.3) is 0 Å². The van der Waals surface area contributed by atoms with E-state index in [2.05, 4.69) is 5.32 Å². The molecule has 1 heterocycles. The molecule has 1 amide bonds. The molecule has 1 saturated heterocycles. The van der Waals surface area contributed by atoms with Crippen LogP contribution in [0.15, 0.2) is 18.2 Å². The Balaban J connectivity index is 1.98. The minimum atomic E-state index is -0.135. The molecule has 1 aliphatic rings. The van der Waals surface area contributed by atoms with Gasteiger partial charge in [0.2, 0.25) is 5.91 Å². The average Bonchev–Trinajstić information content (AvgIpc) is 2.68. The largest absolute Gasteiger partial charge is 0.397 e. The Morgan fingerprint density at radius 1 is 1.43 bits per heavy atom. The summed E-state index contributed by atoms with van der Waals surface area (Å²) in [5, 5.41) is 12.8. The van der Waals surface area contributed by atoms with E-state index in [1.165, 1.54) is 0 Å². The summed E-state index contributed by atoms with van der Waals surface area (Å²) < 4.78 is 0. The van der Waals surface area contributed by atoms with E-state index in [9.17, 15) is 9.90 Å². The lowest BCUT2D eigenvalue weighted by Crippen LogP contribution is -2.42. The number of likely N-dealkylation sites (tertiary alicyclic amines) is 1. The van der Waals surface area contributed by atoms with Gasteiger partial charge in [-0.3, -0.25) is 9.69 Å². The van der Waals surface area contributed by atoms with Gasteiger partial charge in [0, 0.05) is 11.1 Å². The molecule has 116 valence electrons. The molecular weight excluding hydrogens is 290 g/mol. The van der Waals surface area contributed by atoms with Gasteiger partial charge in [-0.2, -0.15) is 0 Å². The number of nitrogens with two attached hydrogens (primary N) is 1. The number of hydrogen-bond acceptors (Lipinski definition) is 4. The molecule has 2 rings (SSSR count). The number of halogens is 1. The summed E-state index contributed by atoms with van der Waals surface area (Å²) in [5.74, 6) is -0.135. The Hall–Kier alpha value is -1.30. The fraction of sp³-hybridized carbons (Fsp3) is 0.533. The molecule has 0 radical (unpaired) electrons. The summed E-state index contributed by atoms with van der Waals surface area (Å²) >= 11 is 5.91. The molecule has 1 aromatic rings. The standard InChI is InChI=1S/C15H22ClN3O2/c16-11-5-6-13(17)14(8-11)18-15(21)9-19-7-3-1-2-4-12(19)10-20/h5-6,8,12,20H,1-4,7,9-10,17H2,(H,18,21). The van der Waals surface area contributed by atoms with Gasteiger partial charge in [-0.1, -0.05) is 24.4 Å². The molecule has 1 aromatic carbocycles. The Morgan fingerprint density at radius 2 is 2.24 bits per heavy atom. The molecule has 0 aliphatic carbocycles. The van der Waals surface area contributed by atoms with Crippen molar-refractivity contribution in [2.24, 2.45) is 0 Å². The molecule has 5 nitrogen and oxygen atoms in total. The van der Waals surface area contributed by atoms with Gasteiger partial charge in [-0.15, -0.1) is 0 Å². The second kappa shape index (κ2) is 7.64. The minimum absolute atomic E-state index is 0.0648. The zero-order valence-corrected chi connectivity index (χ0v) is 12.8. The topological polar surface area (TPSA) is 78.6 Å². The monoisotopic (exact) mass is 311 g/mol. The quantitative estimate of drug-likeness (QED) is 0.744. The number of aliphatic hydroxyl groups excluding tert-OH is 1. The van der Waals surface area contributed by atoms with Gasteiger partial charge in [-0.05, 0) is 37.6 Å². The van der Waals surface area contributed by atoms with E-state index in [1.807, 2.05) is 4.90 Å². The van der Waals surface area contributed by atoms with Gasteiger partial charge in [0.05, 0.1) is 24.5 Å². The molecule has 1 fully saturated rings. The minimum Gasteiger partial charge on any atom is -0.397 e. The molecule has 6 heteroatoms. The number of nitrogen functional groups attached to an aromatic ring is 1. The lowest BCUT2D eigenvalue weighted by atomic mass is 10.1. The van der Waals surface area contributed by atoms with Gasteiger partial charge in [-0.25, -0.2) is 0 Å². The van der Waals surface area contributed by atoms with Crippen molar-refractivity contribution < 1.29 is 9.90 Å². The van der Waals surface area contributed by atoms with Crippen LogP contribution in [0.2, 0.25) is 5.02 Å². The van der Waals surface area contributed by atoms with Crippen molar-refractivity contribution in [3.63, 3.8) is 0 Å². The van der Waals surface area contributed by atoms with Crippen LogP contribution in [0.25, 0.3) is 0 Å². The highest BCUT2D eigenvalue weighted by Crippen LogP contribution is 2.23. The highest BCUT2D eigenvalue weighted by atomic mass is 35.5. The van der Waals surface area contributed by atoms with Crippen LogP contribution in [0.4, 0.5) is 11.4 Å². The van der Waals surface area contributed by atoms with Crippen molar-refractivity contribution >= 4 is 28.9 Å². The maximum atomic E-state index is 12.2. The third-order valence-corrected chi connectivity index (χ3v) is 4.08. The molecule has 1 unspecified atom stereocenters. The number of nitrogens with zero attached hydrogens (tertiary/aromatic N) is 1. The second-order valence-corrected chi connectivity index (χ2v) is 5.87. The van der Waals surface area contributed by atoms with E-state index in [-0.39, 0.29) is 25.1 Å². The molecular formula is C15H22ClN3O2. The van der Waals surface area contributed by atoms with E-state index in [0.717, 1.165) is 32.2 Å². The third-order valence-electron chi connectivity index (χ3n) is 3.85. The second-order valence-electron chi connectivity index (χ2n) is 5.44. The van der Waals surface area contributed by atoms with Crippen molar-refractivity contribution in [2.45, 2.75) is 31.7 Å². The highest BCUT2D eigenvalue weighted by Gasteiger charge is 2.22. The Kier molecular flexibility index (Phi) is 5.85. The fourth-order valence-corrected chi connectivity index (χ4v) is 2.83. The van der Waals surface area contributed by atoms with Crippen LogP contribution in [0, 0.1) is 0 Å². The van der Waals surface area contributed by atoms with Crippen molar-refractivity contribution in [3.8, 4) is 0 Å². The van der Waals surface area contributed by atoms with Crippen molar-refractivity contribution in [3.05, 3.63) is 23.2 Å². The number of anilines is 2. The molecule has 21 heavy (non-hydrogen) atoms. The van der Waals surface area contributed by atoms with Crippen LogP contribution in [-0.2, 0) is 4.79 Å². The normalized spacial score (nSPS) is 20.0. The number of hydrogen-bond donors (Lipinski definition) is 3. The van der Waals surface area contributed by atoms with Crippen LogP contribution >= 0.6 is 11.6 Å². The zero-order chi connectivity index (χ0) is 15.2. The van der Waals surface area contributed by atoms with Crippen LogP contribution in [0.1, 0.15) is 25.7 Å². The number of aliphatic hydroxyl groups is 1. The maximum Gasteiger partial charge on any atom is 0.238 e. The van der Waals surface area contributed by atoms with Gasteiger partial charge in [0.1, 0.15) is 0 Å². The summed E-state index contributed by atoms with van der Waals surface area (Å²) in [6.45, 7) is 1.19. The number of carbonyl (C=O) groups excluding carboxylic acids is 1. The average molecular weight is 312 g/mol. The molecule has 0 aromatic heterocycles. The van der Waals surface area contributed by atoms with Crippen LogP contribution in [0.5, 0.6) is 0 Å². The first-order valence-electron chi connectivity index (χ1n) is 7.30. The van der Waals surface area contributed by atoms with E-state index < -0.39 is 0 Å². The Morgan fingerprint density at radius 3 is 3.00 bits per heavy atom. The number of benzene rings is 1. The molecule has 0 spiro atoms. The van der Waals surface area contributed by atoms with Crippen molar-refractivity contribution in [1.82, 2.24) is 4.90 Å². The number of carbonyl (C=O) groups is 1. The summed E-state index contributed by atoms with van der Waals surface area (Å²) in [5.41, 5.74) is 6.84. The van der Waals surface area contributed by atoms with Gasteiger partial charge >= 0.3 is 0 Å². The molecule has 0 bridgehead atoms. The molecule has 4 N–H and O–H groups in total. The van der Waals surface area contributed by atoms with E-state index in [0.29, 0.717) is 16.4 Å². The number of nitrogens with one attached hydrogen (secondary N) is 1. The smallest absolute Gasteiger partial charge is 0.238 e. The van der Waals surface area contributed by atoms with Crippen molar-refractivity contribution in [1.29, 1.82) is 0 Å². The fourth-order valence-electron chi connectivity index (χ4n) is 2.66. The maximum absolute atomic E-state index is 12.2. The van der Waals surface area contributed by atoms with Crippen molar-refractivity contribution in [2.75, 3.05) is 30.7 Å².